The van der Waals surface area contributed by atoms with Crippen LogP contribution in [0.15, 0.2) is 174 Å². The van der Waals surface area contributed by atoms with E-state index in [4.69, 9.17) is 35.4 Å². The first kappa shape index (κ1) is 12.9. The summed E-state index contributed by atoms with van der Waals surface area (Å²) in [5.74, 6) is -0.688. The van der Waals surface area contributed by atoms with E-state index in [1.165, 1.54) is 0 Å². The molecule has 3 aromatic heterocycles. The van der Waals surface area contributed by atoms with Gasteiger partial charge in [-0.15, -0.1) is 11.3 Å². The lowest BCUT2D eigenvalue weighted by Crippen LogP contribution is -1.94. The first-order valence-corrected chi connectivity index (χ1v) is 16.0. The van der Waals surface area contributed by atoms with Crippen LogP contribution in [-0.4, -0.2) is 9.97 Å². The molecule has 0 spiro atoms. The second kappa shape index (κ2) is 11.5. The fraction of sp³-hybridized carbons (Fsp3) is 0. The van der Waals surface area contributed by atoms with Crippen LogP contribution in [0.25, 0.3) is 109 Å². The van der Waals surface area contributed by atoms with Crippen molar-refractivity contribution in [2.45, 2.75) is 0 Å². The largest absolute Gasteiger partial charge is 0.456 e. The van der Waals surface area contributed by atoms with Gasteiger partial charge < -0.3 is 4.42 Å². The summed E-state index contributed by atoms with van der Waals surface area (Å²) in [5, 5.41) is -3.52. The summed E-state index contributed by atoms with van der Waals surface area (Å²) in [6.07, 6.45) is 0. The van der Waals surface area contributed by atoms with Gasteiger partial charge in [-0.1, -0.05) is 127 Å². The van der Waals surface area contributed by atoms with Gasteiger partial charge in [0.25, 0.3) is 0 Å². The molecule has 4 heteroatoms. The fourth-order valence-electron chi connectivity index (χ4n) is 5.78. The first-order valence-electron chi connectivity index (χ1n) is 29.2. The number of fused-ring (bicyclic) bond motifs is 8. The third kappa shape index (κ3) is 4.65. The Bertz CT molecular complexity index is 4790. The lowest BCUT2D eigenvalue weighted by Gasteiger charge is -2.10. The summed E-state index contributed by atoms with van der Waals surface area (Å²) in [6.45, 7) is 0. The molecule has 0 radical (unpaired) electrons. The summed E-state index contributed by atoms with van der Waals surface area (Å²) in [7, 11) is 0. The Labute approximate surface area is 342 Å². The molecule has 0 aliphatic rings. The minimum Gasteiger partial charge on any atom is -0.456 e. The van der Waals surface area contributed by atoms with Crippen molar-refractivity contribution in [2.24, 2.45) is 0 Å². The van der Waals surface area contributed by atoms with Crippen LogP contribution < -0.4 is 0 Å². The van der Waals surface area contributed by atoms with Gasteiger partial charge in [-0.2, -0.15) is 0 Å². The summed E-state index contributed by atoms with van der Waals surface area (Å²) in [4.78, 5) is 9.38. The monoisotopic (exact) mass is 708 g/mol. The van der Waals surface area contributed by atoms with Gasteiger partial charge in [0.2, 0.25) is 0 Å². The summed E-state index contributed by atoms with van der Waals surface area (Å²) in [5.41, 5.74) is -6.04. The van der Waals surface area contributed by atoms with E-state index in [0.29, 0.717) is 11.3 Å². The Morgan fingerprint density at radius 2 is 1.12 bits per heavy atom. The van der Waals surface area contributed by atoms with Gasteiger partial charge in [-0.25, -0.2) is 9.97 Å². The number of furan rings is 1. The average molecular weight is 709 g/mol. The lowest BCUT2D eigenvalue weighted by molar-refractivity contribution is 0.669. The standard InChI is InChI=1S/C48H28N2OS/c1-2-9-29(10-3-1)32-19-20-35-27-37(22-21-33(35)26-32)45-47-46(39-13-6-7-16-43(39)52-47)50-48(49-45)40-14-8-15-41-44(40)38-24-23-36(28-42(38)51-41)34-18-17-30-11-4-5-12-31(30)25-34/h1-28H/i1D,2D,3D,4D,5D,6D,7D,8D,9D,10D,11D,12D,13D,14D,15D,16D,17D,18D,19D,20D,21D,22D,23D,24D,25D,26D,27D,28D. The van der Waals surface area contributed by atoms with E-state index in [1.807, 2.05) is 0 Å². The number of benzene rings is 8. The minimum atomic E-state index is -0.914. The summed E-state index contributed by atoms with van der Waals surface area (Å²) < 4.78 is 254. The van der Waals surface area contributed by atoms with Gasteiger partial charge in [0, 0.05) is 32.0 Å². The van der Waals surface area contributed by atoms with Gasteiger partial charge >= 0.3 is 0 Å². The SMILES string of the molecule is [2H]c1c([2H])c([2H])c(-c2c([2H])c([2H])c3c([2H])c(-c4nc(-c5c([2H])c([2H])c([2H])c6oc7c([2H])c(-c8c([2H])c([2H])c9c([2H])c([2H])c([2H])c([2H])c9c8[2H])c([2H])c([2H])c7c56)nc5c4sc4c([2H])c([2H])c([2H])c([2H])c45)c([2H])c([2H])c3c2[2H])c([2H])c1[2H]. The molecule has 0 bridgehead atoms. The maximum absolute atomic E-state index is 9.67. The van der Waals surface area contributed by atoms with Gasteiger partial charge in [0.15, 0.2) is 5.82 Å². The molecule has 0 atom stereocenters. The Morgan fingerprint density at radius 1 is 0.462 bits per heavy atom. The Morgan fingerprint density at radius 3 is 1.98 bits per heavy atom. The van der Waals surface area contributed by atoms with Crippen LogP contribution in [0.5, 0.6) is 0 Å². The molecule has 8 aromatic carbocycles. The van der Waals surface area contributed by atoms with E-state index in [9.17, 15) is 12.3 Å². The Balaban J connectivity index is 1.28. The van der Waals surface area contributed by atoms with E-state index in [-0.39, 0.29) is 20.3 Å². The van der Waals surface area contributed by atoms with Crippen molar-refractivity contribution in [2.75, 3.05) is 0 Å². The van der Waals surface area contributed by atoms with Gasteiger partial charge in [-0.3, -0.25) is 0 Å². The van der Waals surface area contributed by atoms with Crippen molar-refractivity contribution < 1.29 is 42.8 Å². The zero-order chi connectivity index (χ0) is 58.5. The third-order valence-electron chi connectivity index (χ3n) is 8.12. The highest BCUT2D eigenvalue weighted by atomic mass is 32.1. The molecular formula is C48H28N2OS. The van der Waals surface area contributed by atoms with E-state index >= 15 is 0 Å². The van der Waals surface area contributed by atoms with Gasteiger partial charge in [-0.05, 0) is 86.1 Å². The van der Waals surface area contributed by atoms with E-state index < -0.39 is 258 Å². The molecule has 0 amide bonds. The molecule has 3 nitrogen and oxygen atoms in total. The smallest absolute Gasteiger partial charge is 0.161 e. The second-order valence-electron chi connectivity index (χ2n) is 11.1. The predicted octanol–water partition coefficient (Wildman–Crippen LogP) is 13.7. The molecule has 11 aromatic rings. The molecule has 0 N–H and O–H groups in total. The van der Waals surface area contributed by atoms with Crippen molar-refractivity contribution in [3.8, 4) is 44.9 Å². The highest BCUT2D eigenvalue weighted by Gasteiger charge is 2.20. The number of nitrogens with zero attached hydrogens (tertiary/aromatic N) is 2. The van der Waals surface area contributed by atoms with Crippen LogP contribution in [0.2, 0.25) is 0 Å². The van der Waals surface area contributed by atoms with E-state index in [1.54, 1.807) is 0 Å². The molecule has 0 saturated heterocycles. The van der Waals surface area contributed by atoms with Crippen LogP contribution in [-0.2, 0) is 0 Å². The molecule has 0 unspecified atom stereocenters. The number of aromatic nitrogens is 2. The average Bonchev–Trinajstić information content (AvgIpc) is 4.10. The van der Waals surface area contributed by atoms with Crippen LogP contribution in [0.4, 0.5) is 0 Å². The van der Waals surface area contributed by atoms with Crippen molar-refractivity contribution in [3.63, 3.8) is 0 Å². The molecule has 242 valence electrons. The number of thiophene rings is 1. The van der Waals surface area contributed by atoms with Crippen molar-refractivity contribution in [3.05, 3.63) is 169 Å². The Hall–Kier alpha value is -6.62. The second-order valence-corrected chi connectivity index (χ2v) is 12.2. The molecule has 0 saturated carbocycles. The van der Waals surface area contributed by atoms with Crippen LogP contribution >= 0.6 is 11.3 Å². The van der Waals surface area contributed by atoms with Gasteiger partial charge in [0.05, 0.1) is 54.3 Å². The van der Waals surface area contributed by atoms with Crippen molar-refractivity contribution in [1.29, 1.82) is 0 Å². The zero-order valence-corrected chi connectivity index (χ0v) is 26.5. The normalized spacial score (nSPS) is 19.4. The zero-order valence-electron chi connectivity index (χ0n) is 53.7. The van der Waals surface area contributed by atoms with E-state index in [2.05, 4.69) is 4.98 Å². The summed E-state index contributed by atoms with van der Waals surface area (Å²) >= 11 is 0.652. The highest BCUT2D eigenvalue weighted by Crippen LogP contribution is 2.43. The minimum absolute atomic E-state index is 0.149. The first-order chi connectivity index (χ1) is 37.4. The van der Waals surface area contributed by atoms with Crippen LogP contribution in [0.3, 0.4) is 0 Å². The fourth-order valence-corrected chi connectivity index (χ4v) is 6.83. The maximum atomic E-state index is 9.67. The molecule has 0 aliphatic carbocycles. The lowest BCUT2D eigenvalue weighted by atomic mass is 9.98. The number of hydrogen-bond donors (Lipinski definition) is 0. The quantitative estimate of drug-likeness (QED) is 0.183. The van der Waals surface area contributed by atoms with Crippen molar-refractivity contribution in [1.82, 2.24) is 9.97 Å². The Kier molecular flexibility index (Phi) is 2.83. The molecule has 0 aliphatic heterocycles. The van der Waals surface area contributed by atoms with Crippen LogP contribution in [0.1, 0.15) is 38.4 Å². The van der Waals surface area contributed by atoms with Crippen molar-refractivity contribution >= 4 is 75.1 Å². The summed E-state index contributed by atoms with van der Waals surface area (Å²) in [6, 6.07) is -22.8. The predicted molar refractivity (Wildman–Crippen MR) is 219 cm³/mol. The van der Waals surface area contributed by atoms with Gasteiger partial charge in [0.1, 0.15) is 11.2 Å². The van der Waals surface area contributed by atoms with E-state index in [0.717, 1.165) is 0 Å². The molecular weight excluding hydrogens is 653 g/mol. The third-order valence-corrected chi connectivity index (χ3v) is 9.22. The number of hydrogen-bond acceptors (Lipinski definition) is 4. The molecule has 52 heavy (non-hydrogen) atoms. The number of rotatable bonds is 4. The molecule has 0 fully saturated rings. The highest BCUT2D eigenvalue weighted by molar-refractivity contribution is 7.26. The topological polar surface area (TPSA) is 38.9 Å². The molecule has 3 heterocycles. The van der Waals surface area contributed by atoms with Crippen LogP contribution in [0, 0.1) is 0 Å². The maximum Gasteiger partial charge on any atom is 0.161 e. The molecule has 11 rings (SSSR count).